The third-order valence-electron chi connectivity index (χ3n) is 5.13. The number of amides is 1. The summed E-state index contributed by atoms with van der Waals surface area (Å²) in [5, 5.41) is 10.6. The van der Waals surface area contributed by atoms with Gasteiger partial charge in [0.15, 0.2) is 0 Å². The second-order valence-corrected chi connectivity index (χ2v) is 7.02. The van der Waals surface area contributed by atoms with Gasteiger partial charge < -0.3 is 10.0 Å². The van der Waals surface area contributed by atoms with Crippen LogP contribution >= 0.6 is 0 Å². The Hall–Kier alpha value is -2.13. The quantitative estimate of drug-likeness (QED) is 0.862. The molecule has 1 N–H and O–H groups in total. The van der Waals surface area contributed by atoms with E-state index >= 15 is 0 Å². The summed E-state index contributed by atoms with van der Waals surface area (Å²) in [6.45, 7) is 8.03. The summed E-state index contributed by atoms with van der Waals surface area (Å²) in [6, 6.07) is 15.4. The van der Waals surface area contributed by atoms with Crippen LogP contribution < -0.4 is 0 Å². The third-order valence-corrected chi connectivity index (χ3v) is 5.13. The molecule has 0 aliphatic carbocycles. The molecule has 0 saturated carbocycles. The van der Waals surface area contributed by atoms with E-state index < -0.39 is 6.10 Å². The number of aryl methyl sites for hydroxylation is 2. The molecule has 0 spiro atoms. The Morgan fingerprint density at radius 1 is 1.00 bits per heavy atom. The van der Waals surface area contributed by atoms with Gasteiger partial charge in [-0.15, -0.1) is 0 Å². The molecule has 1 amide bonds. The van der Waals surface area contributed by atoms with Crippen molar-refractivity contribution in [2.24, 2.45) is 5.92 Å². The highest BCUT2D eigenvalue weighted by atomic mass is 16.3. The highest BCUT2D eigenvalue weighted by molar-refractivity contribution is 5.79. The largest absolute Gasteiger partial charge is 0.386 e. The Kier molecular flexibility index (Phi) is 6.38. The van der Waals surface area contributed by atoms with Gasteiger partial charge in [0.1, 0.15) is 0 Å². The molecule has 25 heavy (non-hydrogen) atoms. The molecule has 0 aliphatic rings. The van der Waals surface area contributed by atoms with Gasteiger partial charge in [-0.25, -0.2) is 0 Å². The van der Waals surface area contributed by atoms with Gasteiger partial charge in [0, 0.05) is 13.0 Å². The Labute approximate surface area is 151 Å². The van der Waals surface area contributed by atoms with Crippen molar-refractivity contribution in [2.45, 2.75) is 46.3 Å². The molecule has 0 unspecified atom stereocenters. The van der Waals surface area contributed by atoms with Gasteiger partial charge in [-0.05, 0) is 49.4 Å². The standard InChI is InChI=1S/C22H29NO2/c1-15-10-9-11-16(2)20(15)14-17(3)22(25)23(5)18(4)21(24)19-12-7-6-8-13-19/h6-13,17-18,21,24H,14H2,1-5H3/t17-,18+,21-/m1/s1. The first kappa shape index (κ1) is 19.2. The summed E-state index contributed by atoms with van der Waals surface area (Å²) < 4.78 is 0. The summed E-state index contributed by atoms with van der Waals surface area (Å²) in [6.07, 6.45) is 0.0260. The normalized spacial score (nSPS) is 14.6. The van der Waals surface area contributed by atoms with Crippen molar-refractivity contribution < 1.29 is 9.90 Å². The zero-order valence-electron chi connectivity index (χ0n) is 15.9. The number of hydrogen-bond donors (Lipinski definition) is 1. The number of rotatable bonds is 6. The van der Waals surface area contributed by atoms with Crippen LogP contribution in [0.5, 0.6) is 0 Å². The van der Waals surface area contributed by atoms with Gasteiger partial charge in [-0.3, -0.25) is 4.79 Å². The van der Waals surface area contributed by atoms with E-state index in [1.165, 1.54) is 16.7 Å². The van der Waals surface area contributed by atoms with Crippen LogP contribution in [0, 0.1) is 19.8 Å². The Morgan fingerprint density at radius 2 is 1.56 bits per heavy atom. The van der Waals surface area contributed by atoms with Crippen molar-refractivity contribution in [1.82, 2.24) is 4.90 Å². The summed E-state index contributed by atoms with van der Waals surface area (Å²) in [5.74, 6) is -0.0691. The first-order valence-corrected chi connectivity index (χ1v) is 8.87. The minimum atomic E-state index is -0.692. The van der Waals surface area contributed by atoms with Crippen LogP contribution in [0.25, 0.3) is 0 Å². The number of nitrogens with zero attached hydrogens (tertiary/aromatic N) is 1. The van der Waals surface area contributed by atoms with E-state index in [9.17, 15) is 9.90 Å². The van der Waals surface area contributed by atoms with Gasteiger partial charge in [0.05, 0.1) is 12.1 Å². The van der Waals surface area contributed by atoms with Gasteiger partial charge in [0.2, 0.25) is 5.91 Å². The molecule has 3 atom stereocenters. The zero-order valence-corrected chi connectivity index (χ0v) is 15.9. The first-order chi connectivity index (χ1) is 11.8. The second kappa shape index (κ2) is 8.30. The fourth-order valence-corrected chi connectivity index (χ4v) is 3.25. The lowest BCUT2D eigenvalue weighted by Crippen LogP contribution is -2.42. The van der Waals surface area contributed by atoms with E-state index in [0.717, 1.165) is 12.0 Å². The van der Waals surface area contributed by atoms with Crippen LogP contribution in [-0.2, 0) is 11.2 Å². The molecule has 0 aromatic heterocycles. The van der Waals surface area contributed by atoms with E-state index in [-0.39, 0.29) is 17.9 Å². The SMILES string of the molecule is Cc1cccc(C)c1C[C@@H](C)C(=O)N(C)[C@@H](C)[C@@H](O)c1ccccc1. The fourth-order valence-electron chi connectivity index (χ4n) is 3.25. The number of aliphatic hydroxyl groups excluding tert-OH is 1. The molecule has 3 heteroatoms. The average molecular weight is 339 g/mol. The Bertz CT molecular complexity index is 691. The molecule has 0 fully saturated rings. The van der Waals surface area contributed by atoms with Crippen molar-refractivity contribution in [3.63, 3.8) is 0 Å². The lowest BCUT2D eigenvalue weighted by Gasteiger charge is -2.31. The molecule has 2 rings (SSSR count). The lowest BCUT2D eigenvalue weighted by atomic mass is 9.92. The van der Waals surface area contributed by atoms with E-state index in [2.05, 4.69) is 26.0 Å². The maximum atomic E-state index is 12.9. The predicted octanol–water partition coefficient (Wildman–Crippen LogP) is 4.06. The Balaban J connectivity index is 2.08. The number of carbonyl (C=O) groups is 1. The van der Waals surface area contributed by atoms with Crippen LogP contribution in [0.1, 0.15) is 42.2 Å². The molecular weight excluding hydrogens is 310 g/mol. The van der Waals surface area contributed by atoms with Crippen molar-refractivity contribution in [3.05, 3.63) is 70.8 Å². The third kappa shape index (κ3) is 4.49. The van der Waals surface area contributed by atoms with Crippen molar-refractivity contribution in [1.29, 1.82) is 0 Å². The topological polar surface area (TPSA) is 40.5 Å². The lowest BCUT2D eigenvalue weighted by molar-refractivity contribution is -0.137. The fraction of sp³-hybridized carbons (Fsp3) is 0.409. The van der Waals surface area contributed by atoms with E-state index in [4.69, 9.17) is 0 Å². The number of carbonyl (C=O) groups excluding carboxylic acids is 1. The van der Waals surface area contributed by atoms with E-state index in [1.54, 1.807) is 11.9 Å². The molecule has 2 aromatic rings. The molecule has 3 nitrogen and oxygen atoms in total. The van der Waals surface area contributed by atoms with Gasteiger partial charge >= 0.3 is 0 Å². The number of benzene rings is 2. The first-order valence-electron chi connectivity index (χ1n) is 8.87. The maximum absolute atomic E-state index is 12.9. The van der Waals surface area contributed by atoms with Crippen LogP contribution in [0.3, 0.4) is 0 Å². The summed E-state index contributed by atoms with van der Waals surface area (Å²) in [4.78, 5) is 14.5. The molecule has 2 aromatic carbocycles. The zero-order chi connectivity index (χ0) is 18.6. The molecule has 0 aliphatic heterocycles. The molecule has 0 radical (unpaired) electrons. The maximum Gasteiger partial charge on any atom is 0.225 e. The molecule has 0 bridgehead atoms. The van der Waals surface area contributed by atoms with Crippen molar-refractivity contribution in [2.75, 3.05) is 7.05 Å². The molecule has 0 heterocycles. The number of aliphatic hydroxyl groups is 1. The van der Waals surface area contributed by atoms with Gasteiger partial charge in [0.25, 0.3) is 0 Å². The molecular formula is C22H29NO2. The van der Waals surface area contributed by atoms with Crippen molar-refractivity contribution in [3.8, 4) is 0 Å². The predicted molar refractivity (Wildman–Crippen MR) is 102 cm³/mol. The van der Waals surface area contributed by atoms with Crippen LogP contribution in [0.4, 0.5) is 0 Å². The van der Waals surface area contributed by atoms with Crippen LogP contribution in [0.2, 0.25) is 0 Å². The second-order valence-electron chi connectivity index (χ2n) is 7.02. The van der Waals surface area contributed by atoms with E-state index in [1.807, 2.05) is 50.2 Å². The highest BCUT2D eigenvalue weighted by Crippen LogP contribution is 2.23. The van der Waals surface area contributed by atoms with Crippen LogP contribution in [-0.4, -0.2) is 29.0 Å². The number of hydrogen-bond acceptors (Lipinski definition) is 2. The number of likely N-dealkylation sites (N-methyl/N-ethyl adjacent to an activating group) is 1. The minimum Gasteiger partial charge on any atom is -0.386 e. The highest BCUT2D eigenvalue weighted by Gasteiger charge is 2.27. The van der Waals surface area contributed by atoms with Gasteiger partial charge in [-0.1, -0.05) is 55.5 Å². The van der Waals surface area contributed by atoms with E-state index in [0.29, 0.717) is 0 Å². The monoisotopic (exact) mass is 339 g/mol. The van der Waals surface area contributed by atoms with Crippen LogP contribution in [0.15, 0.2) is 48.5 Å². The summed E-state index contributed by atoms with van der Waals surface area (Å²) in [7, 11) is 1.78. The average Bonchev–Trinajstić information content (AvgIpc) is 2.62. The minimum absolute atomic E-state index is 0.0603. The Morgan fingerprint density at radius 3 is 2.12 bits per heavy atom. The summed E-state index contributed by atoms with van der Waals surface area (Å²) >= 11 is 0. The molecule has 0 saturated heterocycles. The molecule has 134 valence electrons. The van der Waals surface area contributed by atoms with Gasteiger partial charge in [-0.2, -0.15) is 0 Å². The summed E-state index contributed by atoms with van der Waals surface area (Å²) in [5.41, 5.74) is 4.52. The smallest absolute Gasteiger partial charge is 0.225 e. The van der Waals surface area contributed by atoms with Crippen molar-refractivity contribution >= 4 is 5.91 Å².